The zero-order valence-corrected chi connectivity index (χ0v) is 15.4. The number of ether oxygens (including phenoxy) is 1. The number of carbonyl (C=O) groups is 1. The Labute approximate surface area is 150 Å². The maximum Gasteiger partial charge on any atom is 0.244 e. The van der Waals surface area contributed by atoms with E-state index in [1.165, 1.54) is 11.6 Å². The van der Waals surface area contributed by atoms with Crippen molar-refractivity contribution in [3.63, 3.8) is 0 Å². The molecule has 25 heavy (non-hydrogen) atoms. The molecule has 0 saturated carbocycles. The summed E-state index contributed by atoms with van der Waals surface area (Å²) < 4.78 is 5.31. The molecule has 0 atom stereocenters. The third kappa shape index (κ3) is 6.08. The number of aryl methyl sites for hydroxylation is 1. The van der Waals surface area contributed by atoms with E-state index in [4.69, 9.17) is 4.74 Å². The van der Waals surface area contributed by atoms with Gasteiger partial charge < -0.3 is 15.0 Å². The lowest BCUT2D eigenvalue weighted by molar-refractivity contribution is -0.116. The Balaban J connectivity index is 1.91. The normalized spacial score (nSPS) is 11.1. The van der Waals surface area contributed by atoms with Crippen molar-refractivity contribution in [2.75, 3.05) is 21.2 Å². The second-order valence-corrected chi connectivity index (χ2v) is 6.35. The van der Waals surface area contributed by atoms with E-state index in [2.05, 4.69) is 22.3 Å². The van der Waals surface area contributed by atoms with Crippen LogP contribution in [0.15, 0.2) is 48.5 Å². The molecule has 0 radical (unpaired) electrons. The number of hydrogen-bond acceptors (Lipinski definition) is 3. The summed E-state index contributed by atoms with van der Waals surface area (Å²) in [5, 5.41) is 2.90. The Morgan fingerprint density at radius 1 is 1.12 bits per heavy atom. The molecule has 1 amide bonds. The van der Waals surface area contributed by atoms with Crippen LogP contribution in [0.3, 0.4) is 0 Å². The van der Waals surface area contributed by atoms with Crippen molar-refractivity contribution < 1.29 is 9.53 Å². The van der Waals surface area contributed by atoms with Gasteiger partial charge in [-0.2, -0.15) is 0 Å². The molecule has 0 aliphatic heterocycles. The van der Waals surface area contributed by atoms with Gasteiger partial charge in [0.1, 0.15) is 5.75 Å². The smallest absolute Gasteiger partial charge is 0.244 e. The lowest BCUT2D eigenvalue weighted by Gasteiger charge is -2.10. The second-order valence-electron chi connectivity index (χ2n) is 6.35. The standard InChI is InChI=1S/C21H26N2O2/c1-16-5-11-20(25-4)19(13-16)10-12-21(24)22-14-17-6-8-18(9-7-17)15-23(2)3/h5-13H,14-15H2,1-4H3,(H,22,24)/b12-10+. The maximum absolute atomic E-state index is 12.0. The highest BCUT2D eigenvalue weighted by molar-refractivity contribution is 5.92. The summed E-state index contributed by atoms with van der Waals surface area (Å²) in [5.74, 6) is 0.632. The van der Waals surface area contributed by atoms with Crippen molar-refractivity contribution in [2.45, 2.75) is 20.0 Å². The predicted octanol–water partition coefficient (Wildman–Crippen LogP) is 3.39. The van der Waals surface area contributed by atoms with E-state index < -0.39 is 0 Å². The van der Waals surface area contributed by atoms with E-state index in [1.807, 2.05) is 51.4 Å². The molecule has 0 heterocycles. The third-order valence-electron chi connectivity index (χ3n) is 3.79. The third-order valence-corrected chi connectivity index (χ3v) is 3.79. The van der Waals surface area contributed by atoms with Gasteiger partial charge in [0.2, 0.25) is 5.91 Å². The Hall–Kier alpha value is -2.59. The first-order valence-electron chi connectivity index (χ1n) is 8.31. The highest BCUT2D eigenvalue weighted by Gasteiger charge is 2.02. The summed E-state index contributed by atoms with van der Waals surface area (Å²) in [6.07, 6.45) is 3.32. The van der Waals surface area contributed by atoms with Crippen LogP contribution in [-0.4, -0.2) is 32.0 Å². The predicted molar refractivity (Wildman–Crippen MR) is 102 cm³/mol. The van der Waals surface area contributed by atoms with E-state index in [9.17, 15) is 4.79 Å². The van der Waals surface area contributed by atoms with Crippen molar-refractivity contribution in [3.8, 4) is 5.75 Å². The van der Waals surface area contributed by atoms with Crippen LogP contribution in [0.2, 0.25) is 0 Å². The van der Waals surface area contributed by atoms with Gasteiger partial charge in [0.15, 0.2) is 0 Å². The fraction of sp³-hybridized carbons (Fsp3) is 0.286. The van der Waals surface area contributed by atoms with Gasteiger partial charge >= 0.3 is 0 Å². The quantitative estimate of drug-likeness (QED) is 0.787. The fourth-order valence-corrected chi connectivity index (χ4v) is 2.53. The summed E-state index contributed by atoms with van der Waals surface area (Å²) in [5.41, 5.74) is 4.35. The van der Waals surface area contributed by atoms with Gasteiger partial charge in [-0.25, -0.2) is 0 Å². The number of methoxy groups -OCH3 is 1. The number of hydrogen-bond donors (Lipinski definition) is 1. The van der Waals surface area contributed by atoms with Crippen molar-refractivity contribution in [1.29, 1.82) is 0 Å². The Morgan fingerprint density at radius 3 is 2.44 bits per heavy atom. The number of nitrogens with one attached hydrogen (secondary N) is 1. The summed E-state index contributed by atoms with van der Waals surface area (Å²) in [4.78, 5) is 14.2. The van der Waals surface area contributed by atoms with Gasteiger partial charge in [-0.3, -0.25) is 4.79 Å². The molecule has 0 aliphatic carbocycles. The highest BCUT2D eigenvalue weighted by atomic mass is 16.5. The summed E-state index contributed by atoms with van der Waals surface area (Å²) in [7, 11) is 5.72. The Bertz CT molecular complexity index is 734. The first-order chi connectivity index (χ1) is 12.0. The number of amides is 1. The van der Waals surface area contributed by atoms with E-state index in [0.717, 1.165) is 29.0 Å². The van der Waals surface area contributed by atoms with Crippen LogP contribution < -0.4 is 10.1 Å². The Morgan fingerprint density at radius 2 is 1.80 bits per heavy atom. The molecule has 4 heteroatoms. The Kier molecular flexibility index (Phi) is 6.78. The van der Waals surface area contributed by atoms with E-state index in [-0.39, 0.29) is 5.91 Å². The molecular weight excluding hydrogens is 312 g/mol. The molecule has 0 aromatic heterocycles. The zero-order chi connectivity index (χ0) is 18.2. The minimum atomic E-state index is -0.124. The van der Waals surface area contributed by atoms with Crippen molar-refractivity contribution in [2.24, 2.45) is 0 Å². The van der Waals surface area contributed by atoms with Crippen LogP contribution in [0.4, 0.5) is 0 Å². The van der Waals surface area contributed by atoms with Gasteiger partial charge in [-0.05, 0) is 50.4 Å². The molecule has 2 aromatic carbocycles. The fourth-order valence-electron chi connectivity index (χ4n) is 2.53. The number of carbonyl (C=O) groups excluding carboxylic acids is 1. The van der Waals surface area contributed by atoms with Crippen molar-refractivity contribution in [3.05, 3.63) is 70.8 Å². The second kappa shape index (κ2) is 9.04. The van der Waals surface area contributed by atoms with Gasteiger partial charge in [-0.15, -0.1) is 0 Å². The minimum absolute atomic E-state index is 0.124. The summed E-state index contributed by atoms with van der Waals surface area (Å²) in [6, 6.07) is 14.2. The molecule has 2 rings (SSSR count). The van der Waals surface area contributed by atoms with Crippen LogP contribution >= 0.6 is 0 Å². The van der Waals surface area contributed by atoms with Crippen molar-refractivity contribution in [1.82, 2.24) is 10.2 Å². The molecule has 2 aromatic rings. The van der Waals surface area contributed by atoms with E-state index in [0.29, 0.717) is 6.54 Å². The van der Waals surface area contributed by atoms with Crippen LogP contribution in [0.1, 0.15) is 22.3 Å². The van der Waals surface area contributed by atoms with Gasteiger partial charge in [0, 0.05) is 24.7 Å². The lowest BCUT2D eigenvalue weighted by atomic mass is 10.1. The average molecular weight is 338 g/mol. The van der Waals surface area contributed by atoms with Crippen LogP contribution in [0.25, 0.3) is 6.08 Å². The molecular formula is C21H26N2O2. The molecule has 0 unspecified atom stereocenters. The highest BCUT2D eigenvalue weighted by Crippen LogP contribution is 2.20. The molecule has 4 nitrogen and oxygen atoms in total. The lowest BCUT2D eigenvalue weighted by Crippen LogP contribution is -2.20. The maximum atomic E-state index is 12.0. The number of nitrogens with zero attached hydrogens (tertiary/aromatic N) is 1. The van der Waals surface area contributed by atoms with Crippen LogP contribution in [-0.2, 0) is 17.9 Å². The van der Waals surface area contributed by atoms with Gasteiger partial charge in [0.05, 0.1) is 7.11 Å². The first-order valence-corrected chi connectivity index (χ1v) is 8.31. The molecule has 0 saturated heterocycles. The molecule has 1 N–H and O–H groups in total. The minimum Gasteiger partial charge on any atom is -0.496 e. The van der Waals surface area contributed by atoms with Crippen LogP contribution in [0.5, 0.6) is 5.75 Å². The molecule has 0 aliphatic rings. The molecule has 0 bridgehead atoms. The van der Waals surface area contributed by atoms with Gasteiger partial charge in [0.25, 0.3) is 0 Å². The number of rotatable bonds is 7. The first kappa shape index (κ1) is 18.7. The van der Waals surface area contributed by atoms with Gasteiger partial charge in [-0.1, -0.05) is 35.9 Å². The topological polar surface area (TPSA) is 41.6 Å². The summed E-state index contributed by atoms with van der Waals surface area (Å²) >= 11 is 0. The largest absolute Gasteiger partial charge is 0.496 e. The monoisotopic (exact) mass is 338 g/mol. The average Bonchev–Trinajstić information content (AvgIpc) is 2.59. The van der Waals surface area contributed by atoms with Crippen LogP contribution in [0, 0.1) is 6.92 Å². The molecule has 0 spiro atoms. The van der Waals surface area contributed by atoms with E-state index >= 15 is 0 Å². The van der Waals surface area contributed by atoms with Crippen molar-refractivity contribution >= 4 is 12.0 Å². The summed E-state index contributed by atoms with van der Waals surface area (Å²) in [6.45, 7) is 3.43. The van der Waals surface area contributed by atoms with E-state index in [1.54, 1.807) is 13.2 Å². The number of benzene rings is 2. The zero-order valence-electron chi connectivity index (χ0n) is 15.4. The molecule has 132 valence electrons. The molecule has 0 fully saturated rings. The SMILES string of the molecule is COc1ccc(C)cc1/C=C/C(=O)NCc1ccc(CN(C)C)cc1.